The molecular weight excluding hydrogens is 276 g/mol. The van der Waals surface area contributed by atoms with Gasteiger partial charge in [0.2, 0.25) is 10.0 Å². The van der Waals surface area contributed by atoms with E-state index in [0.29, 0.717) is 25.6 Å². The maximum absolute atomic E-state index is 12.5. The number of hydrogen-bond donors (Lipinski definition) is 1. The quantitative estimate of drug-likeness (QED) is 0.695. The molecule has 7 heteroatoms. The zero-order chi connectivity index (χ0) is 15.2. The molecule has 0 atom stereocenters. The van der Waals surface area contributed by atoms with Gasteiger partial charge in [0.25, 0.3) is 0 Å². The molecule has 0 bridgehead atoms. The Morgan fingerprint density at radius 3 is 2.70 bits per heavy atom. The smallest absolute Gasteiger partial charge is 0.246 e. The maximum atomic E-state index is 12.5. The third-order valence-electron chi connectivity index (χ3n) is 2.98. The van der Waals surface area contributed by atoms with E-state index < -0.39 is 10.0 Å². The molecule has 0 radical (unpaired) electrons. The summed E-state index contributed by atoms with van der Waals surface area (Å²) in [6.07, 6.45) is 3.98. The summed E-state index contributed by atoms with van der Waals surface area (Å²) in [5.74, 6) is 0.301. The van der Waals surface area contributed by atoms with Gasteiger partial charge in [0.1, 0.15) is 4.90 Å². The fourth-order valence-corrected chi connectivity index (χ4v) is 3.54. The first-order chi connectivity index (χ1) is 9.41. The SMILES string of the molecule is CCN(CC(C)C)S(=O)(=O)c1cnn(CCCNC)c1. The van der Waals surface area contributed by atoms with Crippen molar-refractivity contribution in [2.24, 2.45) is 5.92 Å². The average molecular weight is 302 g/mol. The Morgan fingerprint density at radius 2 is 2.15 bits per heavy atom. The van der Waals surface area contributed by atoms with Crippen LogP contribution < -0.4 is 5.32 Å². The van der Waals surface area contributed by atoms with Crippen LogP contribution in [0.3, 0.4) is 0 Å². The van der Waals surface area contributed by atoms with E-state index in [9.17, 15) is 8.42 Å². The summed E-state index contributed by atoms with van der Waals surface area (Å²) >= 11 is 0. The molecule has 0 saturated carbocycles. The van der Waals surface area contributed by atoms with Crippen molar-refractivity contribution in [1.29, 1.82) is 0 Å². The minimum atomic E-state index is -3.42. The van der Waals surface area contributed by atoms with Gasteiger partial charge < -0.3 is 5.32 Å². The third-order valence-corrected chi connectivity index (χ3v) is 4.88. The van der Waals surface area contributed by atoms with E-state index in [0.717, 1.165) is 13.0 Å². The van der Waals surface area contributed by atoms with Gasteiger partial charge in [-0.2, -0.15) is 9.40 Å². The van der Waals surface area contributed by atoms with Crippen molar-refractivity contribution < 1.29 is 8.42 Å². The zero-order valence-electron chi connectivity index (χ0n) is 12.8. The van der Waals surface area contributed by atoms with E-state index >= 15 is 0 Å². The first-order valence-corrected chi connectivity index (χ1v) is 8.53. The van der Waals surface area contributed by atoms with Gasteiger partial charge in [0.15, 0.2) is 0 Å². The normalized spacial score (nSPS) is 12.5. The van der Waals surface area contributed by atoms with E-state index in [2.05, 4.69) is 10.4 Å². The lowest BCUT2D eigenvalue weighted by atomic mass is 10.2. The molecule has 0 aromatic carbocycles. The van der Waals surface area contributed by atoms with Crippen molar-refractivity contribution in [3.63, 3.8) is 0 Å². The summed E-state index contributed by atoms with van der Waals surface area (Å²) in [7, 11) is -1.53. The molecule has 1 aromatic rings. The van der Waals surface area contributed by atoms with Crippen LogP contribution in [-0.2, 0) is 16.6 Å². The molecule has 20 heavy (non-hydrogen) atoms. The van der Waals surface area contributed by atoms with Gasteiger partial charge in [-0.15, -0.1) is 0 Å². The van der Waals surface area contributed by atoms with Gasteiger partial charge >= 0.3 is 0 Å². The molecular formula is C13H26N4O2S. The molecule has 1 heterocycles. The Labute approximate surface area is 122 Å². The monoisotopic (exact) mass is 302 g/mol. The number of aryl methyl sites for hydroxylation is 1. The molecule has 0 aliphatic heterocycles. The minimum absolute atomic E-state index is 0.282. The lowest BCUT2D eigenvalue weighted by Crippen LogP contribution is -2.33. The van der Waals surface area contributed by atoms with Crippen LogP contribution in [0.4, 0.5) is 0 Å². The molecule has 1 N–H and O–H groups in total. The number of sulfonamides is 1. The van der Waals surface area contributed by atoms with Crippen molar-refractivity contribution in [3.8, 4) is 0 Å². The van der Waals surface area contributed by atoms with Crippen LogP contribution in [0.15, 0.2) is 17.3 Å². The standard InChI is InChI=1S/C13H26N4O2S/c1-5-17(10-12(2)3)20(18,19)13-9-15-16(11-13)8-6-7-14-4/h9,11-12,14H,5-8,10H2,1-4H3. The highest BCUT2D eigenvalue weighted by Gasteiger charge is 2.25. The number of rotatable bonds is 9. The van der Waals surface area contributed by atoms with E-state index in [-0.39, 0.29) is 4.90 Å². The molecule has 0 fully saturated rings. The molecule has 0 saturated heterocycles. The van der Waals surface area contributed by atoms with Crippen LogP contribution in [-0.4, -0.2) is 49.2 Å². The summed E-state index contributed by atoms with van der Waals surface area (Å²) in [5.41, 5.74) is 0. The van der Waals surface area contributed by atoms with E-state index in [4.69, 9.17) is 0 Å². The largest absolute Gasteiger partial charge is 0.320 e. The van der Waals surface area contributed by atoms with Crippen molar-refractivity contribution >= 4 is 10.0 Å². The van der Waals surface area contributed by atoms with Gasteiger partial charge in [0.05, 0.1) is 6.20 Å². The highest BCUT2D eigenvalue weighted by Crippen LogP contribution is 2.16. The topological polar surface area (TPSA) is 67.2 Å². The van der Waals surface area contributed by atoms with Crippen LogP contribution in [0, 0.1) is 5.92 Å². The number of nitrogens with one attached hydrogen (secondary N) is 1. The average Bonchev–Trinajstić information content (AvgIpc) is 2.85. The Kier molecular flexibility index (Phi) is 6.64. The highest BCUT2D eigenvalue weighted by atomic mass is 32.2. The van der Waals surface area contributed by atoms with E-state index in [1.165, 1.54) is 10.5 Å². The fourth-order valence-electron chi connectivity index (χ4n) is 1.97. The fraction of sp³-hybridized carbons (Fsp3) is 0.769. The lowest BCUT2D eigenvalue weighted by Gasteiger charge is -2.21. The van der Waals surface area contributed by atoms with Crippen LogP contribution in [0.2, 0.25) is 0 Å². The minimum Gasteiger partial charge on any atom is -0.320 e. The van der Waals surface area contributed by atoms with Crippen molar-refractivity contribution in [1.82, 2.24) is 19.4 Å². The number of nitrogens with zero attached hydrogens (tertiary/aromatic N) is 3. The van der Waals surface area contributed by atoms with E-state index in [1.54, 1.807) is 10.9 Å². The maximum Gasteiger partial charge on any atom is 0.246 e. The predicted molar refractivity (Wildman–Crippen MR) is 80.0 cm³/mol. The second-order valence-electron chi connectivity index (χ2n) is 5.25. The Bertz CT molecular complexity index is 496. The summed E-state index contributed by atoms with van der Waals surface area (Å²) in [6, 6.07) is 0. The summed E-state index contributed by atoms with van der Waals surface area (Å²) in [5, 5.41) is 7.19. The Morgan fingerprint density at radius 1 is 1.45 bits per heavy atom. The lowest BCUT2D eigenvalue weighted by molar-refractivity contribution is 0.381. The number of hydrogen-bond acceptors (Lipinski definition) is 4. The zero-order valence-corrected chi connectivity index (χ0v) is 13.7. The molecule has 0 aliphatic carbocycles. The Balaban J connectivity index is 2.81. The van der Waals surface area contributed by atoms with E-state index in [1.807, 2.05) is 27.8 Å². The van der Waals surface area contributed by atoms with Crippen molar-refractivity contribution in [3.05, 3.63) is 12.4 Å². The van der Waals surface area contributed by atoms with Crippen LogP contribution in [0.5, 0.6) is 0 Å². The molecule has 1 aromatic heterocycles. The molecule has 1 rings (SSSR count). The summed E-state index contributed by atoms with van der Waals surface area (Å²) in [4.78, 5) is 0.282. The first-order valence-electron chi connectivity index (χ1n) is 7.09. The first kappa shape index (κ1) is 17.1. The van der Waals surface area contributed by atoms with Crippen molar-refractivity contribution in [2.45, 2.75) is 38.6 Å². The molecule has 0 aliphatic rings. The highest BCUT2D eigenvalue weighted by molar-refractivity contribution is 7.89. The summed E-state index contributed by atoms with van der Waals surface area (Å²) in [6.45, 7) is 8.49. The molecule has 0 unspecified atom stereocenters. The van der Waals surface area contributed by atoms with Crippen LogP contribution in [0.25, 0.3) is 0 Å². The third kappa shape index (κ3) is 4.57. The second-order valence-corrected chi connectivity index (χ2v) is 7.18. The number of aromatic nitrogens is 2. The van der Waals surface area contributed by atoms with Gasteiger partial charge in [0, 0.05) is 25.8 Å². The molecule has 6 nitrogen and oxygen atoms in total. The van der Waals surface area contributed by atoms with Crippen molar-refractivity contribution in [2.75, 3.05) is 26.7 Å². The van der Waals surface area contributed by atoms with Gasteiger partial charge in [-0.3, -0.25) is 4.68 Å². The molecule has 0 spiro atoms. The van der Waals surface area contributed by atoms with Crippen LogP contribution >= 0.6 is 0 Å². The Hall–Kier alpha value is -0.920. The predicted octanol–water partition coefficient (Wildman–Crippen LogP) is 1.16. The van der Waals surface area contributed by atoms with Gasteiger partial charge in [-0.1, -0.05) is 20.8 Å². The second kappa shape index (κ2) is 7.75. The van der Waals surface area contributed by atoms with Gasteiger partial charge in [-0.25, -0.2) is 8.42 Å². The van der Waals surface area contributed by atoms with Crippen LogP contribution in [0.1, 0.15) is 27.2 Å². The molecule has 116 valence electrons. The van der Waals surface area contributed by atoms with Gasteiger partial charge in [-0.05, 0) is 25.9 Å². The summed E-state index contributed by atoms with van der Waals surface area (Å²) < 4.78 is 28.2. The molecule has 0 amide bonds.